The lowest BCUT2D eigenvalue weighted by Crippen LogP contribution is -2.37. The van der Waals surface area contributed by atoms with Gasteiger partial charge < -0.3 is 20.3 Å². The molecule has 0 saturated heterocycles. The van der Waals surface area contributed by atoms with Crippen LogP contribution in [-0.2, 0) is 13.1 Å². The minimum atomic E-state index is 0. The van der Waals surface area contributed by atoms with Crippen molar-refractivity contribution < 1.29 is 4.74 Å². The second-order valence-electron chi connectivity index (χ2n) is 7.29. The van der Waals surface area contributed by atoms with Crippen LogP contribution in [0.1, 0.15) is 31.0 Å². The summed E-state index contributed by atoms with van der Waals surface area (Å²) in [5, 5.41) is 6.67. The molecular formula is C22H32IN5O. The van der Waals surface area contributed by atoms with Gasteiger partial charge in [-0.05, 0) is 43.9 Å². The summed E-state index contributed by atoms with van der Waals surface area (Å²) in [5.74, 6) is 3.40. The molecule has 158 valence electrons. The van der Waals surface area contributed by atoms with Gasteiger partial charge >= 0.3 is 0 Å². The molecule has 6 nitrogen and oxygen atoms in total. The van der Waals surface area contributed by atoms with Gasteiger partial charge in [0, 0.05) is 26.2 Å². The van der Waals surface area contributed by atoms with Crippen molar-refractivity contribution in [1.29, 1.82) is 0 Å². The predicted octanol–water partition coefficient (Wildman–Crippen LogP) is 3.81. The molecule has 1 aromatic carbocycles. The Balaban J connectivity index is 0.00000300. The predicted molar refractivity (Wildman–Crippen MR) is 130 cm³/mol. The molecule has 0 aliphatic heterocycles. The molecule has 3 rings (SSSR count). The Morgan fingerprint density at radius 1 is 1.14 bits per heavy atom. The topological polar surface area (TPSA) is 61.8 Å². The van der Waals surface area contributed by atoms with Crippen LogP contribution in [-0.4, -0.2) is 38.2 Å². The lowest BCUT2D eigenvalue weighted by Gasteiger charge is -2.14. The van der Waals surface area contributed by atoms with Gasteiger partial charge in [-0.1, -0.05) is 24.3 Å². The lowest BCUT2D eigenvalue weighted by molar-refractivity contribution is 0.297. The van der Waals surface area contributed by atoms with Crippen LogP contribution in [0.5, 0.6) is 5.75 Å². The second kappa shape index (κ2) is 11.8. The van der Waals surface area contributed by atoms with E-state index in [1.807, 2.05) is 55.4 Å². The average molecular weight is 509 g/mol. The summed E-state index contributed by atoms with van der Waals surface area (Å²) in [7, 11) is 3.99. The molecule has 0 unspecified atom stereocenters. The monoisotopic (exact) mass is 509 g/mol. The molecule has 2 aromatic rings. The Kier molecular flexibility index (Phi) is 9.50. The highest BCUT2D eigenvalue weighted by atomic mass is 127. The zero-order valence-electron chi connectivity index (χ0n) is 17.5. The summed E-state index contributed by atoms with van der Waals surface area (Å²) in [5.41, 5.74) is 2.08. The fourth-order valence-corrected chi connectivity index (χ4v) is 2.76. The van der Waals surface area contributed by atoms with E-state index in [9.17, 15) is 0 Å². The molecule has 1 aromatic heterocycles. The summed E-state index contributed by atoms with van der Waals surface area (Å²) in [6, 6.07) is 14.2. The molecule has 1 aliphatic carbocycles. The Morgan fingerprint density at radius 2 is 1.93 bits per heavy atom. The SMILES string of the molecule is CCNC(=NCc1ccccc1OCC1CC1)NCc1cccc(N(C)C)n1.I. The van der Waals surface area contributed by atoms with Gasteiger partial charge in [0.25, 0.3) is 0 Å². The smallest absolute Gasteiger partial charge is 0.191 e. The number of guanidine groups is 1. The number of aromatic nitrogens is 1. The first-order valence-electron chi connectivity index (χ1n) is 10.0. The van der Waals surface area contributed by atoms with E-state index in [-0.39, 0.29) is 24.0 Å². The molecule has 7 heteroatoms. The third-order valence-electron chi connectivity index (χ3n) is 4.58. The quantitative estimate of drug-likeness (QED) is 0.306. The number of hydrogen-bond acceptors (Lipinski definition) is 4. The minimum Gasteiger partial charge on any atom is -0.493 e. The summed E-state index contributed by atoms with van der Waals surface area (Å²) >= 11 is 0. The van der Waals surface area contributed by atoms with Crippen LogP contribution < -0.4 is 20.3 Å². The number of benzene rings is 1. The van der Waals surface area contributed by atoms with Gasteiger partial charge in [-0.15, -0.1) is 24.0 Å². The van der Waals surface area contributed by atoms with Crippen molar-refractivity contribution >= 4 is 35.8 Å². The maximum atomic E-state index is 5.99. The van der Waals surface area contributed by atoms with E-state index in [0.29, 0.717) is 13.1 Å². The zero-order valence-corrected chi connectivity index (χ0v) is 19.8. The Morgan fingerprint density at radius 3 is 2.66 bits per heavy atom. The van der Waals surface area contributed by atoms with Gasteiger partial charge in [0.05, 0.1) is 25.4 Å². The number of anilines is 1. The molecule has 29 heavy (non-hydrogen) atoms. The van der Waals surface area contributed by atoms with Gasteiger partial charge in [0.15, 0.2) is 5.96 Å². The molecule has 1 saturated carbocycles. The van der Waals surface area contributed by atoms with E-state index in [1.54, 1.807) is 0 Å². The maximum absolute atomic E-state index is 5.99. The van der Waals surface area contributed by atoms with Crippen molar-refractivity contribution in [2.45, 2.75) is 32.9 Å². The van der Waals surface area contributed by atoms with Crippen molar-refractivity contribution in [2.75, 3.05) is 32.1 Å². The van der Waals surface area contributed by atoms with Crippen LogP contribution in [0, 0.1) is 5.92 Å². The first kappa shape index (κ1) is 23.3. The van der Waals surface area contributed by atoms with Crippen LogP contribution in [0.3, 0.4) is 0 Å². The first-order valence-corrected chi connectivity index (χ1v) is 10.0. The van der Waals surface area contributed by atoms with Gasteiger partial charge in [0.2, 0.25) is 0 Å². The highest BCUT2D eigenvalue weighted by molar-refractivity contribution is 14.0. The van der Waals surface area contributed by atoms with Gasteiger partial charge in [-0.2, -0.15) is 0 Å². The number of nitrogens with zero attached hydrogens (tertiary/aromatic N) is 3. The summed E-state index contributed by atoms with van der Waals surface area (Å²) in [6.07, 6.45) is 2.58. The Labute approximate surface area is 191 Å². The Hall–Kier alpha value is -2.03. The van der Waals surface area contributed by atoms with E-state index < -0.39 is 0 Å². The summed E-state index contributed by atoms with van der Waals surface area (Å²) in [6.45, 7) is 4.87. The number of halogens is 1. The lowest BCUT2D eigenvalue weighted by atomic mass is 10.2. The van der Waals surface area contributed by atoms with Crippen molar-refractivity contribution in [1.82, 2.24) is 15.6 Å². The van der Waals surface area contributed by atoms with Crippen molar-refractivity contribution in [3.8, 4) is 5.75 Å². The zero-order chi connectivity index (χ0) is 19.8. The van der Waals surface area contributed by atoms with E-state index in [1.165, 1.54) is 12.8 Å². The third kappa shape index (κ3) is 7.72. The van der Waals surface area contributed by atoms with Crippen LogP contribution in [0.15, 0.2) is 47.5 Å². The van der Waals surface area contributed by atoms with Crippen molar-refractivity contribution in [3.05, 3.63) is 53.7 Å². The van der Waals surface area contributed by atoms with Crippen LogP contribution in [0.2, 0.25) is 0 Å². The van der Waals surface area contributed by atoms with E-state index in [4.69, 9.17) is 9.73 Å². The normalized spacial score (nSPS) is 13.4. The number of para-hydroxylation sites is 1. The number of pyridine rings is 1. The van der Waals surface area contributed by atoms with Crippen LogP contribution >= 0.6 is 24.0 Å². The number of aliphatic imine (C=N–C) groups is 1. The second-order valence-corrected chi connectivity index (χ2v) is 7.29. The first-order chi connectivity index (χ1) is 13.7. The molecule has 0 atom stereocenters. The van der Waals surface area contributed by atoms with Gasteiger partial charge in [-0.25, -0.2) is 9.98 Å². The van der Waals surface area contributed by atoms with Gasteiger partial charge in [-0.3, -0.25) is 0 Å². The molecule has 0 spiro atoms. The number of rotatable bonds is 9. The molecule has 1 fully saturated rings. The molecule has 0 amide bonds. The number of ether oxygens (including phenoxy) is 1. The molecule has 0 radical (unpaired) electrons. The van der Waals surface area contributed by atoms with Crippen molar-refractivity contribution in [2.24, 2.45) is 10.9 Å². The van der Waals surface area contributed by atoms with E-state index >= 15 is 0 Å². The highest BCUT2D eigenvalue weighted by Gasteiger charge is 2.22. The number of nitrogens with one attached hydrogen (secondary N) is 2. The fourth-order valence-electron chi connectivity index (χ4n) is 2.76. The standard InChI is InChI=1S/C22H31N5O.HI/c1-4-23-22(25-15-19-9-7-11-21(26-19)27(2)3)24-14-18-8-5-6-10-20(18)28-16-17-12-13-17;/h5-11,17H,4,12-16H2,1-3H3,(H2,23,24,25);1H. The van der Waals surface area contributed by atoms with Crippen LogP contribution in [0.4, 0.5) is 5.82 Å². The number of hydrogen-bond donors (Lipinski definition) is 2. The third-order valence-corrected chi connectivity index (χ3v) is 4.58. The highest BCUT2D eigenvalue weighted by Crippen LogP contribution is 2.30. The fraction of sp³-hybridized carbons (Fsp3) is 0.455. The summed E-state index contributed by atoms with van der Waals surface area (Å²) < 4.78 is 5.99. The molecule has 0 bridgehead atoms. The van der Waals surface area contributed by atoms with Crippen molar-refractivity contribution in [3.63, 3.8) is 0 Å². The molecule has 1 heterocycles. The van der Waals surface area contributed by atoms with Gasteiger partial charge in [0.1, 0.15) is 11.6 Å². The Bertz CT molecular complexity index is 792. The average Bonchev–Trinajstić information content (AvgIpc) is 3.54. The van der Waals surface area contributed by atoms with Crippen LogP contribution in [0.25, 0.3) is 0 Å². The molecule has 2 N–H and O–H groups in total. The molecular weight excluding hydrogens is 477 g/mol. The summed E-state index contributed by atoms with van der Waals surface area (Å²) in [4.78, 5) is 11.4. The van der Waals surface area contributed by atoms with E-state index in [2.05, 4.69) is 28.6 Å². The minimum absolute atomic E-state index is 0. The largest absolute Gasteiger partial charge is 0.493 e. The van der Waals surface area contributed by atoms with E-state index in [0.717, 1.165) is 47.9 Å². The molecule has 1 aliphatic rings. The maximum Gasteiger partial charge on any atom is 0.191 e.